The molecule has 1 aliphatic heterocycles. The van der Waals surface area contributed by atoms with Crippen LogP contribution in [-0.4, -0.2) is 42.2 Å². The monoisotopic (exact) mass is 450 g/mol. The Morgan fingerprint density at radius 2 is 1.85 bits per heavy atom. The first kappa shape index (κ1) is 23.8. The van der Waals surface area contributed by atoms with Gasteiger partial charge >= 0.3 is 0 Å². The number of rotatable bonds is 11. The Morgan fingerprint density at radius 1 is 1.06 bits per heavy atom. The van der Waals surface area contributed by atoms with Crippen LogP contribution in [0.25, 0.3) is 0 Å². The summed E-state index contributed by atoms with van der Waals surface area (Å²) in [5, 5.41) is 12.8. The summed E-state index contributed by atoms with van der Waals surface area (Å²) in [6, 6.07) is 16.2. The van der Waals surface area contributed by atoms with Gasteiger partial charge in [-0.05, 0) is 113 Å². The Bertz CT molecular complexity index is 902. The summed E-state index contributed by atoms with van der Waals surface area (Å²) in [4.78, 5) is 14.6. The third-order valence-electron chi connectivity index (χ3n) is 6.89. The van der Waals surface area contributed by atoms with Crippen LogP contribution >= 0.6 is 0 Å². The standard InChI is InChI=1S/C28H38N2O3/c1-21(31)24-7-6-10-27(20-24)33-18-4-2-3-15-30-16-13-22(14-17-30)25-8-5-9-26(19-25)29-28(32)23-11-12-23/h5-10,19-23,31H,2-4,11-18H2,1H3,(H,29,32). The van der Waals surface area contributed by atoms with E-state index in [1.807, 2.05) is 30.3 Å². The van der Waals surface area contributed by atoms with E-state index in [0.717, 1.165) is 62.5 Å². The molecule has 0 bridgehead atoms. The lowest BCUT2D eigenvalue weighted by atomic mass is 9.89. The van der Waals surface area contributed by atoms with Crippen molar-refractivity contribution in [2.45, 2.75) is 63.9 Å². The number of aliphatic hydroxyl groups excluding tert-OH is 1. The van der Waals surface area contributed by atoms with Crippen molar-refractivity contribution in [3.8, 4) is 5.75 Å². The molecule has 5 heteroatoms. The molecule has 2 aromatic rings. The third-order valence-corrected chi connectivity index (χ3v) is 6.89. The van der Waals surface area contributed by atoms with Gasteiger partial charge in [-0.1, -0.05) is 24.3 Å². The van der Waals surface area contributed by atoms with E-state index in [9.17, 15) is 9.90 Å². The van der Waals surface area contributed by atoms with Gasteiger partial charge in [0.1, 0.15) is 5.75 Å². The van der Waals surface area contributed by atoms with E-state index >= 15 is 0 Å². The Balaban J connectivity index is 1.11. The maximum Gasteiger partial charge on any atom is 0.227 e. The van der Waals surface area contributed by atoms with Gasteiger partial charge in [-0.2, -0.15) is 0 Å². The van der Waals surface area contributed by atoms with Crippen LogP contribution in [0.15, 0.2) is 48.5 Å². The maximum atomic E-state index is 12.0. The molecule has 33 heavy (non-hydrogen) atoms. The van der Waals surface area contributed by atoms with Crippen molar-refractivity contribution < 1.29 is 14.6 Å². The summed E-state index contributed by atoms with van der Waals surface area (Å²) in [6.45, 7) is 5.94. The molecular weight excluding hydrogens is 412 g/mol. The van der Waals surface area contributed by atoms with Gasteiger partial charge in [0.05, 0.1) is 12.7 Å². The molecule has 1 heterocycles. The zero-order valence-electron chi connectivity index (χ0n) is 19.8. The van der Waals surface area contributed by atoms with Crippen LogP contribution in [0.1, 0.15) is 75.0 Å². The fraction of sp³-hybridized carbons (Fsp3) is 0.536. The average molecular weight is 451 g/mol. The number of benzene rings is 2. The van der Waals surface area contributed by atoms with E-state index < -0.39 is 6.10 Å². The van der Waals surface area contributed by atoms with E-state index in [0.29, 0.717) is 5.92 Å². The molecule has 0 radical (unpaired) electrons. The summed E-state index contributed by atoms with van der Waals surface area (Å²) in [5.74, 6) is 1.85. The third kappa shape index (κ3) is 7.31. The quantitative estimate of drug-likeness (QED) is 0.443. The number of aliphatic hydroxyl groups is 1. The molecular formula is C28H38N2O3. The number of ether oxygens (including phenoxy) is 1. The normalized spacial score (nSPS) is 18.1. The van der Waals surface area contributed by atoms with Crippen LogP contribution in [0.3, 0.4) is 0 Å². The van der Waals surface area contributed by atoms with Crippen molar-refractivity contribution >= 4 is 11.6 Å². The van der Waals surface area contributed by atoms with E-state index in [1.165, 1.54) is 31.2 Å². The molecule has 1 atom stereocenters. The first-order chi connectivity index (χ1) is 16.1. The fourth-order valence-electron chi connectivity index (χ4n) is 4.62. The molecule has 2 N–H and O–H groups in total. The van der Waals surface area contributed by atoms with E-state index in [4.69, 9.17) is 4.74 Å². The number of nitrogens with zero attached hydrogens (tertiary/aromatic N) is 1. The van der Waals surface area contributed by atoms with Crippen molar-refractivity contribution in [2.75, 3.05) is 31.6 Å². The largest absolute Gasteiger partial charge is 0.494 e. The molecule has 1 unspecified atom stereocenters. The lowest BCUT2D eigenvalue weighted by molar-refractivity contribution is -0.117. The molecule has 2 fully saturated rings. The summed E-state index contributed by atoms with van der Waals surface area (Å²) in [6.07, 6.45) is 7.39. The smallest absolute Gasteiger partial charge is 0.227 e. The Hall–Kier alpha value is -2.37. The molecule has 1 amide bonds. The topological polar surface area (TPSA) is 61.8 Å². The van der Waals surface area contributed by atoms with Gasteiger partial charge in [0.25, 0.3) is 0 Å². The first-order valence-corrected chi connectivity index (χ1v) is 12.6. The molecule has 2 aromatic carbocycles. The van der Waals surface area contributed by atoms with Crippen LogP contribution in [-0.2, 0) is 4.79 Å². The highest BCUT2D eigenvalue weighted by Gasteiger charge is 2.29. The summed E-state index contributed by atoms with van der Waals surface area (Å²) in [7, 11) is 0. The highest BCUT2D eigenvalue weighted by atomic mass is 16.5. The van der Waals surface area contributed by atoms with Gasteiger partial charge in [0, 0.05) is 11.6 Å². The minimum absolute atomic E-state index is 0.181. The minimum atomic E-state index is -0.463. The van der Waals surface area contributed by atoms with Crippen molar-refractivity contribution in [3.05, 3.63) is 59.7 Å². The number of anilines is 1. The lowest BCUT2D eigenvalue weighted by Crippen LogP contribution is -2.33. The number of carbonyl (C=O) groups excluding carboxylic acids is 1. The predicted molar refractivity (Wildman–Crippen MR) is 133 cm³/mol. The number of unbranched alkanes of at least 4 members (excludes halogenated alkanes) is 2. The maximum absolute atomic E-state index is 12.0. The summed E-state index contributed by atoms with van der Waals surface area (Å²) in [5.41, 5.74) is 3.21. The molecule has 1 saturated carbocycles. The zero-order valence-corrected chi connectivity index (χ0v) is 19.8. The second-order valence-corrected chi connectivity index (χ2v) is 9.66. The number of amides is 1. The van der Waals surface area contributed by atoms with Gasteiger partial charge in [-0.3, -0.25) is 4.79 Å². The number of hydrogen-bond acceptors (Lipinski definition) is 4. The van der Waals surface area contributed by atoms with Crippen LogP contribution in [0.5, 0.6) is 5.75 Å². The molecule has 2 aliphatic rings. The molecule has 0 aromatic heterocycles. The number of hydrogen-bond donors (Lipinski definition) is 2. The Kier molecular flexibility index (Phi) is 8.40. The minimum Gasteiger partial charge on any atom is -0.494 e. The molecule has 178 valence electrons. The van der Waals surface area contributed by atoms with Crippen molar-refractivity contribution in [1.29, 1.82) is 0 Å². The number of nitrogens with one attached hydrogen (secondary N) is 1. The van der Waals surface area contributed by atoms with Gasteiger partial charge in [-0.25, -0.2) is 0 Å². The summed E-state index contributed by atoms with van der Waals surface area (Å²) < 4.78 is 5.85. The number of carbonyl (C=O) groups is 1. The molecule has 1 aliphatic carbocycles. The lowest BCUT2D eigenvalue weighted by Gasteiger charge is -2.32. The zero-order chi connectivity index (χ0) is 23.0. The highest BCUT2D eigenvalue weighted by molar-refractivity contribution is 5.94. The van der Waals surface area contributed by atoms with Crippen LogP contribution in [0, 0.1) is 5.92 Å². The molecule has 4 rings (SSSR count). The first-order valence-electron chi connectivity index (χ1n) is 12.6. The number of likely N-dealkylation sites (tertiary alicyclic amines) is 1. The van der Waals surface area contributed by atoms with Gasteiger partial charge in [-0.15, -0.1) is 0 Å². The molecule has 0 spiro atoms. The Labute approximate surface area is 198 Å². The van der Waals surface area contributed by atoms with E-state index in [-0.39, 0.29) is 11.8 Å². The van der Waals surface area contributed by atoms with Gasteiger partial charge in [0.15, 0.2) is 0 Å². The fourth-order valence-corrected chi connectivity index (χ4v) is 4.62. The average Bonchev–Trinajstić information content (AvgIpc) is 3.68. The SMILES string of the molecule is CC(O)c1cccc(OCCCCCN2CCC(c3cccc(NC(=O)C4CC4)c3)CC2)c1. The number of piperidine rings is 1. The van der Waals surface area contributed by atoms with Gasteiger partial charge in [0.2, 0.25) is 5.91 Å². The van der Waals surface area contributed by atoms with Crippen molar-refractivity contribution in [3.63, 3.8) is 0 Å². The molecule has 5 nitrogen and oxygen atoms in total. The van der Waals surface area contributed by atoms with Crippen LogP contribution < -0.4 is 10.1 Å². The predicted octanol–water partition coefficient (Wildman–Crippen LogP) is 5.52. The van der Waals surface area contributed by atoms with Crippen molar-refractivity contribution in [1.82, 2.24) is 4.90 Å². The van der Waals surface area contributed by atoms with Gasteiger partial charge < -0.3 is 20.1 Å². The summed E-state index contributed by atoms with van der Waals surface area (Å²) >= 11 is 0. The van der Waals surface area contributed by atoms with Crippen LogP contribution in [0.4, 0.5) is 5.69 Å². The highest BCUT2D eigenvalue weighted by Crippen LogP contribution is 2.32. The second-order valence-electron chi connectivity index (χ2n) is 9.66. The molecule has 1 saturated heterocycles. The Morgan fingerprint density at radius 3 is 2.61 bits per heavy atom. The van der Waals surface area contributed by atoms with Crippen LogP contribution in [0.2, 0.25) is 0 Å². The van der Waals surface area contributed by atoms with E-state index in [2.05, 4.69) is 28.4 Å². The van der Waals surface area contributed by atoms with E-state index in [1.54, 1.807) is 6.92 Å². The second kappa shape index (κ2) is 11.7. The van der Waals surface area contributed by atoms with Crippen molar-refractivity contribution in [2.24, 2.45) is 5.92 Å².